The smallest absolute Gasteiger partial charge is 0.150 e. The molecule has 1 nitrogen and oxygen atoms in total. The van der Waals surface area contributed by atoms with E-state index in [1.807, 2.05) is 0 Å². The van der Waals surface area contributed by atoms with E-state index in [1.165, 1.54) is 6.07 Å². The second-order valence-corrected chi connectivity index (χ2v) is 5.67. The van der Waals surface area contributed by atoms with E-state index in [9.17, 15) is 13.2 Å². The van der Waals surface area contributed by atoms with Crippen molar-refractivity contribution in [3.8, 4) is 0 Å². The van der Waals surface area contributed by atoms with Crippen LogP contribution in [0.3, 0.4) is 0 Å². The predicted octanol–water partition coefficient (Wildman–Crippen LogP) is 5.24. The van der Waals surface area contributed by atoms with Gasteiger partial charge in [-0.05, 0) is 30.3 Å². The van der Waals surface area contributed by atoms with Crippen LogP contribution in [0.15, 0.2) is 39.3 Å². The standard InChI is InChI=1S/C13H8Br2F3N/c14-8-1-2-10(16)7(3-8)6-19-13-11(17)4-9(15)5-12(13)18/h1-5,19H,6H2. The molecule has 0 atom stereocenters. The van der Waals surface area contributed by atoms with Gasteiger partial charge in [-0.2, -0.15) is 0 Å². The predicted molar refractivity (Wildman–Crippen MR) is 75.5 cm³/mol. The van der Waals surface area contributed by atoms with E-state index in [2.05, 4.69) is 37.2 Å². The van der Waals surface area contributed by atoms with Crippen LogP contribution >= 0.6 is 31.9 Å². The van der Waals surface area contributed by atoms with E-state index in [-0.39, 0.29) is 12.2 Å². The fourth-order valence-electron chi connectivity index (χ4n) is 1.57. The summed E-state index contributed by atoms with van der Waals surface area (Å²) in [6.45, 7) is -0.0131. The Morgan fingerprint density at radius 1 is 0.842 bits per heavy atom. The van der Waals surface area contributed by atoms with Gasteiger partial charge in [0.25, 0.3) is 0 Å². The maximum absolute atomic E-state index is 13.6. The Hall–Kier alpha value is -1.01. The molecular formula is C13H8Br2F3N. The lowest BCUT2D eigenvalue weighted by Crippen LogP contribution is -2.05. The van der Waals surface area contributed by atoms with Crippen LogP contribution < -0.4 is 5.32 Å². The summed E-state index contributed by atoms with van der Waals surface area (Å²) in [6, 6.07) is 6.68. The van der Waals surface area contributed by atoms with Crippen LogP contribution in [0.5, 0.6) is 0 Å². The molecule has 2 rings (SSSR count). The first-order valence-electron chi connectivity index (χ1n) is 5.29. The topological polar surface area (TPSA) is 12.0 Å². The summed E-state index contributed by atoms with van der Waals surface area (Å²) in [4.78, 5) is 0. The zero-order valence-corrected chi connectivity index (χ0v) is 12.7. The zero-order valence-electron chi connectivity index (χ0n) is 9.48. The van der Waals surface area contributed by atoms with Gasteiger partial charge in [-0.3, -0.25) is 0 Å². The number of hydrogen-bond donors (Lipinski definition) is 1. The molecule has 0 aliphatic rings. The monoisotopic (exact) mass is 393 g/mol. The van der Waals surface area contributed by atoms with Crippen molar-refractivity contribution in [1.29, 1.82) is 0 Å². The maximum Gasteiger partial charge on any atom is 0.150 e. The van der Waals surface area contributed by atoms with Gasteiger partial charge < -0.3 is 5.32 Å². The molecule has 1 N–H and O–H groups in total. The van der Waals surface area contributed by atoms with E-state index in [0.29, 0.717) is 14.5 Å². The summed E-state index contributed by atoms with van der Waals surface area (Å²) in [5.41, 5.74) is 0.0404. The summed E-state index contributed by atoms with van der Waals surface area (Å²) in [5.74, 6) is -1.90. The Kier molecular flexibility index (Phi) is 4.52. The minimum absolute atomic E-state index is 0.0131. The van der Waals surface area contributed by atoms with E-state index >= 15 is 0 Å². The molecule has 19 heavy (non-hydrogen) atoms. The lowest BCUT2D eigenvalue weighted by Gasteiger charge is -2.10. The van der Waals surface area contributed by atoms with Gasteiger partial charge in [-0.15, -0.1) is 0 Å². The largest absolute Gasteiger partial charge is 0.376 e. The number of nitrogens with one attached hydrogen (secondary N) is 1. The molecule has 0 bridgehead atoms. The third-order valence-corrected chi connectivity index (χ3v) is 3.42. The van der Waals surface area contributed by atoms with E-state index in [0.717, 1.165) is 12.1 Å². The average Bonchev–Trinajstić information content (AvgIpc) is 2.32. The first kappa shape index (κ1) is 14.4. The van der Waals surface area contributed by atoms with Gasteiger partial charge in [0.1, 0.15) is 23.1 Å². The molecule has 0 aliphatic carbocycles. The Morgan fingerprint density at radius 2 is 1.47 bits per heavy atom. The maximum atomic E-state index is 13.6. The molecule has 0 saturated carbocycles. The second kappa shape index (κ2) is 5.96. The molecule has 0 aromatic heterocycles. The van der Waals surface area contributed by atoms with Crippen LogP contribution in [0, 0.1) is 17.5 Å². The van der Waals surface area contributed by atoms with Crippen LogP contribution in [-0.2, 0) is 6.54 Å². The lowest BCUT2D eigenvalue weighted by molar-refractivity contribution is 0.584. The molecule has 0 saturated heterocycles. The van der Waals surface area contributed by atoms with Gasteiger partial charge in [0.2, 0.25) is 0 Å². The Balaban J connectivity index is 2.21. The first-order chi connectivity index (χ1) is 8.97. The second-order valence-electron chi connectivity index (χ2n) is 3.83. The number of anilines is 1. The van der Waals surface area contributed by atoms with Crippen molar-refractivity contribution in [3.05, 3.63) is 62.3 Å². The fraction of sp³-hybridized carbons (Fsp3) is 0.0769. The molecule has 0 radical (unpaired) electrons. The zero-order chi connectivity index (χ0) is 14.0. The molecule has 0 spiro atoms. The molecule has 0 heterocycles. The quantitative estimate of drug-likeness (QED) is 0.750. The van der Waals surface area contributed by atoms with Gasteiger partial charge in [-0.1, -0.05) is 31.9 Å². The van der Waals surface area contributed by atoms with Gasteiger partial charge in [0.15, 0.2) is 0 Å². The highest BCUT2D eigenvalue weighted by molar-refractivity contribution is 9.10. The van der Waals surface area contributed by atoms with Crippen LogP contribution in [0.25, 0.3) is 0 Å². The molecule has 2 aromatic rings. The Morgan fingerprint density at radius 3 is 2.11 bits per heavy atom. The number of hydrogen-bond acceptors (Lipinski definition) is 1. The van der Waals surface area contributed by atoms with Crippen LogP contribution in [0.4, 0.5) is 18.9 Å². The number of benzene rings is 2. The normalized spacial score (nSPS) is 10.6. The van der Waals surface area contributed by atoms with Crippen molar-refractivity contribution in [2.24, 2.45) is 0 Å². The molecule has 0 amide bonds. The van der Waals surface area contributed by atoms with Gasteiger partial charge in [0, 0.05) is 21.1 Å². The van der Waals surface area contributed by atoms with Gasteiger partial charge in [-0.25, -0.2) is 13.2 Å². The number of rotatable bonds is 3. The van der Waals surface area contributed by atoms with Crippen molar-refractivity contribution in [3.63, 3.8) is 0 Å². The van der Waals surface area contributed by atoms with Crippen molar-refractivity contribution in [1.82, 2.24) is 0 Å². The molecule has 0 aliphatic heterocycles. The highest BCUT2D eigenvalue weighted by atomic mass is 79.9. The molecular weight excluding hydrogens is 387 g/mol. The average molecular weight is 395 g/mol. The third kappa shape index (κ3) is 3.51. The van der Waals surface area contributed by atoms with Crippen molar-refractivity contribution < 1.29 is 13.2 Å². The summed E-state index contributed by atoms with van der Waals surface area (Å²) < 4.78 is 41.6. The summed E-state index contributed by atoms with van der Waals surface area (Å²) >= 11 is 6.20. The van der Waals surface area contributed by atoms with Crippen molar-refractivity contribution in [2.75, 3.05) is 5.32 Å². The summed E-state index contributed by atoms with van der Waals surface area (Å²) in [7, 11) is 0. The first-order valence-corrected chi connectivity index (χ1v) is 6.88. The van der Waals surface area contributed by atoms with Crippen molar-refractivity contribution >= 4 is 37.5 Å². The van der Waals surface area contributed by atoms with E-state index in [4.69, 9.17) is 0 Å². The summed E-state index contributed by atoms with van der Waals surface area (Å²) in [5, 5.41) is 2.56. The van der Waals surface area contributed by atoms with Gasteiger partial charge in [0.05, 0.1) is 0 Å². The van der Waals surface area contributed by atoms with Crippen LogP contribution in [0.1, 0.15) is 5.56 Å². The Labute approximate surface area is 125 Å². The molecule has 6 heteroatoms. The van der Waals surface area contributed by atoms with Crippen LogP contribution in [0.2, 0.25) is 0 Å². The lowest BCUT2D eigenvalue weighted by atomic mass is 10.2. The van der Waals surface area contributed by atoms with Crippen molar-refractivity contribution in [2.45, 2.75) is 6.54 Å². The highest BCUT2D eigenvalue weighted by Gasteiger charge is 2.11. The van der Waals surface area contributed by atoms with E-state index < -0.39 is 17.5 Å². The minimum Gasteiger partial charge on any atom is -0.376 e. The third-order valence-electron chi connectivity index (χ3n) is 2.47. The van der Waals surface area contributed by atoms with Crippen LogP contribution in [-0.4, -0.2) is 0 Å². The molecule has 0 unspecified atom stereocenters. The molecule has 2 aromatic carbocycles. The number of halogens is 5. The van der Waals surface area contributed by atoms with Gasteiger partial charge >= 0.3 is 0 Å². The Bertz CT molecular complexity index is 594. The SMILES string of the molecule is Fc1ccc(Br)cc1CNc1c(F)cc(Br)cc1F. The molecule has 100 valence electrons. The minimum atomic E-state index is -0.734. The fourth-order valence-corrected chi connectivity index (χ4v) is 2.38. The molecule has 0 fully saturated rings. The van der Waals surface area contributed by atoms with E-state index in [1.54, 1.807) is 12.1 Å². The summed E-state index contributed by atoms with van der Waals surface area (Å²) in [6.07, 6.45) is 0. The highest BCUT2D eigenvalue weighted by Crippen LogP contribution is 2.25.